The normalized spacial score (nSPS) is 16.3. The zero-order valence-corrected chi connectivity index (χ0v) is 17.8. The highest BCUT2D eigenvalue weighted by molar-refractivity contribution is 7.89. The smallest absolute Gasteiger partial charge is 0.254 e. The Bertz CT molecular complexity index is 704. The minimum atomic E-state index is -3.59. The molecule has 1 aromatic rings. The molecule has 1 aliphatic heterocycles. The number of ether oxygens (including phenoxy) is 1. The molecule has 1 saturated heterocycles. The van der Waals surface area contributed by atoms with Crippen molar-refractivity contribution in [2.45, 2.75) is 31.2 Å². The van der Waals surface area contributed by atoms with Crippen molar-refractivity contribution in [3.05, 3.63) is 29.8 Å². The summed E-state index contributed by atoms with van der Waals surface area (Å²) in [6, 6.07) is 6.07. The first-order valence-corrected chi connectivity index (χ1v) is 10.4. The number of morpholine rings is 1. The third kappa shape index (κ3) is 6.15. The van der Waals surface area contributed by atoms with Gasteiger partial charge in [-0.2, -0.15) is 0 Å². The van der Waals surface area contributed by atoms with E-state index in [2.05, 4.69) is 0 Å². The van der Waals surface area contributed by atoms with E-state index >= 15 is 0 Å². The zero-order valence-electron chi connectivity index (χ0n) is 16.1. The van der Waals surface area contributed by atoms with Gasteiger partial charge in [0.05, 0.1) is 18.1 Å². The van der Waals surface area contributed by atoms with Gasteiger partial charge in [-0.3, -0.25) is 4.79 Å². The molecular formula is C18H30ClN3O4S. The fourth-order valence-corrected chi connectivity index (χ4v) is 3.87. The summed E-state index contributed by atoms with van der Waals surface area (Å²) in [5.41, 5.74) is 6.48. The summed E-state index contributed by atoms with van der Waals surface area (Å²) in [6.07, 6.45) is 0.598. The highest BCUT2D eigenvalue weighted by atomic mass is 35.5. The van der Waals surface area contributed by atoms with Gasteiger partial charge in [-0.1, -0.05) is 13.8 Å². The van der Waals surface area contributed by atoms with Crippen LogP contribution in [-0.2, 0) is 14.8 Å². The molecule has 1 aromatic carbocycles. The van der Waals surface area contributed by atoms with Crippen molar-refractivity contribution in [3.8, 4) is 0 Å². The van der Waals surface area contributed by atoms with Crippen molar-refractivity contribution >= 4 is 28.3 Å². The van der Waals surface area contributed by atoms with Crippen molar-refractivity contribution in [2.75, 3.05) is 39.9 Å². The lowest BCUT2D eigenvalue weighted by molar-refractivity contribution is 0.0303. The molecule has 154 valence electrons. The fraction of sp³-hybridized carbons (Fsp3) is 0.611. The molecule has 1 atom stereocenters. The van der Waals surface area contributed by atoms with Gasteiger partial charge in [0.15, 0.2) is 0 Å². The zero-order chi connectivity index (χ0) is 19.3. The molecule has 0 bridgehead atoms. The Morgan fingerprint density at radius 1 is 1.22 bits per heavy atom. The average Bonchev–Trinajstić information content (AvgIpc) is 2.65. The molecule has 7 nitrogen and oxygen atoms in total. The predicted octanol–water partition coefficient (Wildman–Crippen LogP) is 1.57. The van der Waals surface area contributed by atoms with E-state index in [9.17, 15) is 13.2 Å². The van der Waals surface area contributed by atoms with E-state index < -0.39 is 10.0 Å². The van der Waals surface area contributed by atoms with Crippen LogP contribution in [0.15, 0.2) is 29.2 Å². The molecule has 0 spiro atoms. The fourth-order valence-electron chi connectivity index (χ4n) is 2.68. The lowest BCUT2D eigenvalue weighted by Crippen LogP contribution is -2.40. The van der Waals surface area contributed by atoms with E-state index in [1.165, 1.54) is 16.4 Å². The van der Waals surface area contributed by atoms with Gasteiger partial charge in [0.2, 0.25) is 10.0 Å². The molecule has 1 heterocycles. The molecule has 1 amide bonds. The van der Waals surface area contributed by atoms with Crippen molar-refractivity contribution in [3.63, 3.8) is 0 Å². The molecule has 0 radical (unpaired) electrons. The highest BCUT2D eigenvalue weighted by Crippen LogP contribution is 2.17. The summed E-state index contributed by atoms with van der Waals surface area (Å²) in [7, 11) is -2.04. The lowest BCUT2D eigenvalue weighted by Gasteiger charge is -2.27. The van der Waals surface area contributed by atoms with Crippen molar-refractivity contribution in [1.82, 2.24) is 9.21 Å². The average molecular weight is 420 g/mol. The third-order valence-electron chi connectivity index (χ3n) is 4.74. The van der Waals surface area contributed by atoms with E-state index in [1.807, 2.05) is 13.8 Å². The SMILES string of the molecule is CC(C)C(N)CCN(C)S(=O)(=O)c1ccc(C(=O)N2CCOCC2)cc1.Cl. The van der Waals surface area contributed by atoms with Gasteiger partial charge < -0.3 is 15.4 Å². The number of nitrogens with two attached hydrogens (primary N) is 1. The Morgan fingerprint density at radius 2 is 1.78 bits per heavy atom. The maximum atomic E-state index is 12.7. The van der Waals surface area contributed by atoms with Crippen LogP contribution >= 0.6 is 12.4 Å². The molecule has 1 aliphatic rings. The van der Waals surface area contributed by atoms with Crippen LogP contribution in [0.1, 0.15) is 30.6 Å². The summed E-state index contributed by atoms with van der Waals surface area (Å²) >= 11 is 0. The van der Waals surface area contributed by atoms with Crippen LogP contribution in [0.25, 0.3) is 0 Å². The molecule has 1 unspecified atom stereocenters. The Balaban J connectivity index is 0.00000364. The van der Waals surface area contributed by atoms with Crippen molar-refractivity contribution < 1.29 is 17.9 Å². The maximum absolute atomic E-state index is 12.7. The standard InChI is InChI=1S/C18H29N3O4S.ClH/c1-14(2)17(19)8-9-20(3)26(23,24)16-6-4-15(5-7-16)18(22)21-10-12-25-13-11-21;/h4-7,14,17H,8-13,19H2,1-3H3;1H. The van der Waals surface area contributed by atoms with E-state index in [-0.39, 0.29) is 29.3 Å². The number of halogens is 1. The first kappa shape index (κ1) is 23.8. The number of rotatable bonds is 7. The van der Waals surface area contributed by atoms with Crippen LogP contribution in [0.2, 0.25) is 0 Å². The number of benzene rings is 1. The molecule has 0 aromatic heterocycles. The largest absolute Gasteiger partial charge is 0.378 e. The summed E-state index contributed by atoms with van der Waals surface area (Å²) in [6.45, 7) is 6.56. The number of hydrogen-bond acceptors (Lipinski definition) is 5. The van der Waals surface area contributed by atoms with Gasteiger partial charge in [-0.05, 0) is 36.6 Å². The second-order valence-electron chi connectivity index (χ2n) is 6.95. The lowest BCUT2D eigenvalue weighted by atomic mass is 10.0. The van der Waals surface area contributed by atoms with E-state index in [0.717, 1.165) is 0 Å². The van der Waals surface area contributed by atoms with Gasteiger partial charge >= 0.3 is 0 Å². The molecule has 9 heteroatoms. The number of nitrogens with zero attached hydrogens (tertiary/aromatic N) is 2. The van der Waals surface area contributed by atoms with Gasteiger partial charge in [0.25, 0.3) is 5.91 Å². The molecule has 0 aliphatic carbocycles. The van der Waals surface area contributed by atoms with Crippen LogP contribution < -0.4 is 5.73 Å². The predicted molar refractivity (Wildman–Crippen MR) is 108 cm³/mol. The number of hydrogen-bond donors (Lipinski definition) is 1. The molecule has 2 rings (SSSR count). The maximum Gasteiger partial charge on any atom is 0.254 e. The summed E-state index contributed by atoms with van der Waals surface area (Å²) in [5, 5.41) is 0. The molecule has 2 N–H and O–H groups in total. The second kappa shape index (κ2) is 10.4. The second-order valence-corrected chi connectivity index (χ2v) is 9.00. The highest BCUT2D eigenvalue weighted by Gasteiger charge is 2.23. The Kier molecular flexibility index (Phi) is 9.17. The monoisotopic (exact) mass is 419 g/mol. The van der Waals surface area contributed by atoms with Gasteiger partial charge in [-0.15, -0.1) is 12.4 Å². The Hall–Kier alpha value is -1.19. The first-order chi connectivity index (χ1) is 12.2. The molecule has 1 fully saturated rings. The number of sulfonamides is 1. The quantitative estimate of drug-likeness (QED) is 0.724. The van der Waals surface area contributed by atoms with E-state index in [0.29, 0.717) is 50.8 Å². The number of amides is 1. The van der Waals surface area contributed by atoms with Gasteiger partial charge in [-0.25, -0.2) is 12.7 Å². The molecule has 27 heavy (non-hydrogen) atoms. The molecular weight excluding hydrogens is 390 g/mol. The summed E-state index contributed by atoms with van der Waals surface area (Å²) in [4.78, 5) is 14.3. The Morgan fingerprint density at radius 3 is 2.30 bits per heavy atom. The minimum absolute atomic E-state index is 0. The topological polar surface area (TPSA) is 92.9 Å². The Labute approximate surface area is 168 Å². The van der Waals surface area contributed by atoms with Crippen LogP contribution in [0.3, 0.4) is 0 Å². The molecule has 0 saturated carbocycles. The number of carbonyl (C=O) groups is 1. The summed E-state index contributed by atoms with van der Waals surface area (Å²) < 4.78 is 31.9. The first-order valence-electron chi connectivity index (χ1n) is 8.92. The van der Waals surface area contributed by atoms with Gasteiger partial charge in [0, 0.05) is 38.3 Å². The van der Waals surface area contributed by atoms with Crippen LogP contribution in [0, 0.1) is 5.92 Å². The van der Waals surface area contributed by atoms with Gasteiger partial charge in [0.1, 0.15) is 0 Å². The van der Waals surface area contributed by atoms with Crippen molar-refractivity contribution in [2.24, 2.45) is 11.7 Å². The number of carbonyl (C=O) groups excluding carboxylic acids is 1. The van der Waals surface area contributed by atoms with Crippen molar-refractivity contribution in [1.29, 1.82) is 0 Å². The van der Waals surface area contributed by atoms with Crippen LogP contribution in [-0.4, -0.2) is 69.5 Å². The minimum Gasteiger partial charge on any atom is -0.378 e. The summed E-state index contributed by atoms with van der Waals surface area (Å²) in [5.74, 6) is 0.199. The third-order valence-corrected chi connectivity index (χ3v) is 6.61. The van der Waals surface area contributed by atoms with E-state index in [1.54, 1.807) is 24.1 Å². The van der Waals surface area contributed by atoms with Crippen LogP contribution in [0.4, 0.5) is 0 Å². The van der Waals surface area contributed by atoms with Crippen LogP contribution in [0.5, 0.6) is 0 Å². The van der Waals surface area contributed by atoms with E-state index in [4.69, 9.17) is 10.5 Å².